The number of aryl methyl sites for hydroxylation is 2. The molecule has 0 spiro atoms. The van der Waals surface area contributed by atoms with Crippen LogP contribution in [0.4, 0.5) is 5.69 Å². The first-order chi connectivity index (χ1) is 14.5. The van der Waals surface area contributed by atoms with Crippen molar-refractivity contribution in [1.82, 2.24) is 9.97 Å². The number of fused-ring (bicyclic) bond motifs is 1. The summed E-state index contributed by atoms with van der Waals surface area (Å²) in [6.07, 6.45) is 3.19. The lowest BCUT2D eigenvalue weighted by Crippen LogP contribution is -2.33. The summed E-state index contributed by atoms with van der Waals surface area (Å²) in [4.78, 5) is 34.9. The molecule has 0 saturated heterocycles. The summed E-state index contributed by atoms with van der Waals surface area (Å²) >= 11 is 0. The summed E-state index contributed by atoms with van der Waals surface area (Å²) < 4.78 is 0. The van der Waals surface area contributed by atoms with Gasteiger partial charge in [0.1, 0.15) is 0 Å². The Morgan fingerprint density at radius 3 is 2.43 bits per heavy atom. The van der Waals surface area contributed by atoms with Gasteiger partial charge in [-0.25, -0.2) is 0 Å². The molecule has 5 nitrogen and oxygen atoms in total. The van der Waals surface area contributed by atoms with E-state index in [1.165, 1.54) is 0 Å². The molecule has 2 heterocycles. The van der Waals surface area contributed by atoms with Crippen LogP contribution in [0.5, 0.6) is 0 Å². The third kappa shape index (κ3) is 3.62. The molecule has 4 rings (SSSR count). The van der Waals surface area contributed by atoms with Gasteiger partial charge in [-0.15, -0.1) is 0 Å². The Hall–Kier alpha value is -3.73. The third-order valence-corrected chi connectivity index (χ3v) is 5.53. The molecule has 1 amide bonds. The molecule has 0 radical (unpaired) electrons. The number of pyridine rings is 2. The second kappa shape index (κ2) is 7.95. The van der Waals surface area contributed by atoms with Gasteiger partial charge in [-0.05, 0) is 67.1 Å². The molecule has 5 heteroatoms. The lowest BCUT2D eigenvalue weighted by atomic mass is 10.0. The summed E-state index contributed by atoms with van der Waals surface area (Å²) in [6.45, 7) is 6.14. The van der Waals surface area contributed by atoms with Gasteiger partial charge in [0, 0.05) is 29.2 Å². The number of nitrogens with zero attached hydrogens (tertiary/aromatic N) is 2. The van der Waals surface area contributed by atoms with Gasteiger partial charge in [-0.1, -0.05) is 30.3 Å². The quantitative estimate of drug-likeness (QED) is 0.543. The van der Waals surface area contributed by atoms with Crippen LogP contribution in [0.1, 0.15) is 32.6 Å². The highest BCUT2D eigenvalue weighted by Crippen LogP contribution is 2.26. The van der Waals surface area contributed by atoms with Gasteiger partial charge in [0.25, 0.3) is 11.5 Å². The van der Waals surface area contributed by atoms with Crippen LogP contribution >= 0.6 is 0 Å². The van der Waals surface area contributed by atoms with Crippen LogP contribution in [0.15, 0.2) is 71.8 Å². The zero-order valence-corrected chi connectivity index (χ0v) is 17.3. The second-order valence-electron chi connectivity index (χ2n) is 7.51. The Morgan fingerprint density at radius 2 is 1.67 bits per heavy atom. The molecule has 30 heavy (non-hydrogen) atoms. The number of carbonyl (C=O) groups is 1. The molecule has 2 aromatic carbocycles. The zero-order chi connectivity index (χ0) is 21.3. The van der Waals surface area contributed by atoms with Crippen molar-refractivity contribution < 1.29 is 4.79 Å². The Labute approximate surface area is 175 Å². The molecule has 4 aromatic rings. The Morgan fingerprint density at radius 1 is 0.967 bits per heavy atom. The van der Waals surface area contributed by atoms with Crippen LogP contribution in [0.25, 0.3) is 10.9 Å². The molecule has 0 aliphatic heterocycles. The molecule has 0 saturated carbocycles. The van der Waals surface area contributed by atoms with Gasteiger partial charge in [0.2, 0.25) is 0 Å². The van der Waals surface area contributed by atoms with Crippen LogP contribution in [0.3, 0.4) is 0 Å². The fourth-order valence-electron chi connectivity index (χ4n) is 3.66. The van der Waals surface area contributed by atoms with Gasteiger partial charge >= 0.3 is 0 Å². The van der Waals surface area contributed by atoms with Crippen LogP contribution in [-0.4, -0.2) is 15.9 Å². The summed E-state index contributed by atoms with van der Waals surface area (Å²) in [5, 5.41) is 0.946. The van der Waals surface area contributed by atoms with Gasteiger partial charge in [-0.3, -0.25) is 14.6 Å². The first-order valence-corrected chi connectivity index (χ1v) is 9.85. The average molecular weight is 397 g/mol. The third-order valence-electron chi connectivity index (χ3n) is 5.53. The molecular formula is C25H23N3O2. The number of hydrogen-bond donors (Lipinski definition) is 1. The molecule has 150 valence electrons. The second-order valence-corrected chi connectivity index (χ2v) is 7.51. The Balaban J connectivity index is 1.84. The summed E-state index contributed by atoms with van der Waals surface area (Å²) in [5.74, 6) is -0.171. The number of para-hydroxylation sites is 1. The number of carbonyl (C=O) groups excluding carboxylic acids is 1. The number of nitrogens with one attached hydrogen (secondary N) is 1. The van der Waals surface area contributed by atoms with E-state index in [0.29, 0.717) is 11.1 Å². The van der Waals surface area contributed by atoms with Crippen LogP contribution in [-0.2, 0) is 6.54 Å². The molecule has 1 N–H and O–H groups in total. The molecule has 0 unspecified atom stereocenters. The normalized spacial score (nSPS) is 10.9. The van der Waals surface area contributed by atoms with Crippen molar-refractivity contribution in [3.05, 3.63) is 105 Å². The number of hydrogen-bond acceptors (Lipinski definition) is 3. The van der Waals surface area contributed by atoms with Gasteiger partial charge in [-0.2, -0.15) is 0 Å². The first-order valence-electron chi connectivity index (χ1n) is 9.85. The summed E-state index contributed by atoms with van der Waals surface area (Å²) in [5.41, 5.74) is 5.60. The summed E-state index contributed by atoms with van der Waals surface area (Å²) in [6, 6.07) is 17.0. The number of aromatic amines is 1. The smallest absolute Gasteiger partial charge is 0.258 e. The minimum atomic E-state index is -0.186. The fourth-order valence-corrected chi connectivity index (χ4v) is 3.66. The molecule has 2 aromatic heterocycles. The van der Waals surface area contributed by atoms with Crippen LogP contribution < -0.4 is 10.5 Å². The highest BCUT2D eigenvalue weighted by molar-refractivity contribution is 6.06. The van der Waals surface area contributed by atoms with Crippen molar-refractivity contribution in [3.8, 4) is 0 Å². The monoisotopic (exact) mass is 397 g/mol. The van der Waals surface area contributed by atoms with E-state index < -0.39 is 0 Å². The Kier molecular flexibility index (Phi) is 5.19. The molecule has 0 atom stereocenters. The van der Waals surface area contributed by atoms with E-state index in [4.69, 9.17) is 0 Å². The van der Waals surface area contributed by atoms with Gasteiger partial charge in [0.15, 0.2) is 0 Å². The fraction of sp³-hybridized carbons (Fsp3) is 0.160. The lowest BCUT2D eigenvalue weighted by Gasteiger charge is -2.25. The van der Waals surface area contributed by atoms with Gasteiger partial charge < -0.3 is 9.88 Å². The van der Waals surface area contributed by atoms with Crippen LogP contribution in [0, 0.1) is 20.8 Å². The minimum Gasteiger partial charge on any atom is -0.321 e. The van der Waals surface area contributed by atoms with Gasteiger partial charge in [0.05, 0.1) is 12.1 Å². The zero-order valence-electron chi connectivity index (χ0n) is 17.3. The summed E-state index contributed by atoms with van der Waals surface area (Å²) in [7, 11) is 0. The standard InChI is InChI=1S/C25H23N3O2/c1-16-6-5-9-22(18(16)3)28(25(30)19-10-12-26-13-11-19)15-21-14-20-8-4-7-17(2)23(20)27-24(21)29/h4-14H,15H2,1-3H3,(H,27,29). The maximum Gasteiger partial charge on any atom is 0.258 e. The van der Waals surface area contributed by atoms with Crippen molar-refractivity contribution in [2.75, 3.05) is 4.90 Å². The number of anilines is 1. The Bertz CT molecular complexity index is 1290. The van der Waals surface area contributed by atoms with E-state index in [1.54, 1.807) is 29.4 Å². The molecule has 0 bridgehead atoms. The van der Waals surface area contributed by atoms with E-state index in [1.807, 2.05) is 63.2 Å². The molecule has 0 aliphatic rings. The van der Waals surface area contributed by atoms with E-state index in [0.717, 1.165) is 33.3 Å². The SMILES string of the molecule is Cc1cccc(N(Cc2cc3cccc(C)c3[nH]c2=O)C(=O)c2ccncc2)c1C. The predicted molar refractivity (Wildman–Crippen MR) is 120 cm³/mol. The van der Waals surface area contributed by atoms with Crippen molar-refractivity contribution in [2.45, 2.75) is 27.3 Å². The maximum absolute atomic E-state index is 13.4. The number of amides is 1. The van der Waals surface area contributed by atoms with E-state index >= 15 is 0 Å². The average Bonchev–Trinajstić information content (AvgIpc) is 2.75. The van der Waals surface area contributed by atoms with E-state index in [-0.39, 0.29) is 18.0 Å². The first kappa shape index (κ1) is 19.6. The number of aromatic nitrogens is 2. The topological polar surface area (TPSA) is 66.1 Å². The van der Waals surface area contributed by atoms with Crippen LogP contribution in [0.2, 0.25) is 0 Å². The van der Waals surface area contributed by atoms with E-state index in [9.17, 15) is 9.59 Å². The van der Waals surface area contributed by atoms with Crippen molar-refractivity contribution in [2.24, 2.45) is 0 Å². The van der Waals surface area contributed by atoms with Crippen molar-refractivity contribution in [3.63, 3.8) is 0 Å². The molecular weight excluding hydrogens is 374 g/mol. The van der Waals surface area contributed by atoms with E-state index in [2.05, 4.69) is 9.97 Å². The predicted octanol–water partition coefficient (Wildman–Crippen LogP) is 4.70. The number of H-pyrrole nitrogens is 1. The minimum absolute atomic E-state index is 0.171. The highest BCUT2D eigenvalue weighted by Gasteiger charge is 2.22. The van der Waals surface area contributed by atoms with Crippen molar-refractivity contribution >= 4 is 22.5 Å². The van der Waals surface area contributed by atoms with Crippen molar-refractivity contribution in [1.29, 1.82) is 0 Å². The number of rotatable bonds is 4. The highest BCUT2D eigenvalue weighted by atomic mass is 16.2. The molecule has 0 fully saturated rings. The number of benzene rings is 2. The largest absolute Gasteiger partial charge is 0.321 e. The molecule has 0 aliphatic carbocycles. The lowest BCUT2D eigenvalue weighted by molar-refractivity contribution is 0.0985. The maximum atomic E-state index is 13.4.